The van der Waals surface area contributed by atoms with Crippen LogP contribution in [0.15, 0.2) is 12.1 Å². The van der Waals surface area contributed by atoms with Gasteiger partial charge in [0, 0.05) is 13.2 Å². The Balaban J connectivity index is 2.06. The first kappa shape index (κ1) is 11.8. The number of halogens is 2. The van der Waals surface area contributed by atoms with E-state index >= 15 is 0 Å². The molecule has 3 nitrogen and oxygen atoms in total. The van der Waals surface area contributed by atoms with E-state index in [1.54, 1.807) is 6.07 Å². The maximum absolute atomic E-state index is 13.5. The van der Waals surface area contributed by atoms with Crippen LogP contribution in [-0.4, -0.2) is 19.3 Å². The Morgan fingerprint density at radius 1 is 1.41 bits per heavy atom. The van der Waals surface area contributed by atoms with Crippen LogP contribution in [0.25, 0.3) is 0 Å². The molecule has 1 aliphatic heterocycles. The Morgan fingerprint density at radius 2 is 2.24 bits per heavy atom. The molecule has 1 aromatic rings. The molecule has 1 N–H and O–H groups in total. The summed E-state index contributed by atoms with van der Waals surface area (Å²) in [5.41, 5.74) is -0.220. The van der Waals surface area contributed by atoms with Crippen LogP contribution in [0.1, 0.15) is 18.4 Å². The van der Waals surface area contributed by atoms with Crippen molar-refractivity contribution in [1.82, 2.24) is 0 Å². The van der Waals surface area contributed by atoms with Crippen LogP contribution < -0.4 is 5.32 Å². The molecule has 90 valence electrons. The molecule has 17 heavy (non-hydrogen) atoms. The standard InChI is InChI=1S/C12H12F2N2O/c13-11-8(6-15)3-4-10(12(11)14)16-7-9-2-1-5-17-9/h3-4,9,16H,1-2,5,7H2. The third kappa shape index (κ3) is 2.53. The normalized spacial score (nSPS) is 19.0. The number of nitrogens with zero attached hydrogens (tertiary/aromatic N) is 1. The van der Waals surface area contributed by atoms with Crippen molar-refractivity contribution in [3.63, 3.8) is 0 Å². The lowest BCUT2D eigenvalue weighted by Crippen LogP contribution is -2.19. The highest BCUT2D eigenvalue weighted by Gasteiger charge is 2.17. The van der Waals surface area contributed by atoms with Crippen LogP contribution in [0.4, 0.5) is 14.5 Å². The number of hydrogen-bond donors (Lipinski definition) is 1. The van der Waals surface area contributed by atoms with Gasteiger partial charge in [-0.3, -0.25) is 0 Å². The first-order valence-electron chi connectivity index (χ1n) is 5.46. The SMILES string of the molecule is N#Cc1ccc(NCC2CCCO2)c(F)c1F. The molecular weight excluding hydrogens is 226 g/mol. The van der Waals surface area contributed by atoms with Crippen molar-refractivity contribution in [2.75, 3.05) is 18.5 Å². The molecule has 1 aromatic carbocycles. The highest BCUT2D eigenvalue weighted by atomic mass is 19.2. The molecule has 1 aliphatic rings. The van der Waals surface area contributed by atoms with Crippen molar-refractivity contribution in [1.29, 1.82) is 5.26 Å². The Bertz CT molecular complexity index is 451. The summed E-state index contributed by atoms with van der Waals surface area (Å²) < 4.78 is 32.1. The smallest absolute Gasteiger partial charge is 0.183 e. The van der Waals surface area contributed by atoms with Crippen molar-refractivity contribution >= 4 is 5.69 Å². The van der Waals surface area contributed by atoms with Crippen molar-refractivity contribution in [2.24, 2.45) is 0 Å². The number of nitrogens with one attached hydrogen (secondary N) is 1. The molecular formula is C12H12F2N2O. The van der Waals surface area contributed by atoms with Crippen molar-refractivity contribution < 1.29 is 13.5 Å². The quantitative estimate of drug-likeness (QED) is 0.879. The van der Waals surface area contributed by atoms with Crippen LogP contribution >= 0.6 is 0 Å². The zero-order chi connectivity index (χ0) is 12.3. The van der Waals surface area contributed by atoms with E-state index in [4.69, 9.17) is 10.00 Å². The second-order valence-electron chi connectivity index (χ2n) is 3.92. The first-order chi connectivity index (χ1) is 8.22. The Labute approximate surface area is 98.0 Å². The van der Waals surface area contributed by atoms with Gasteiger partial charge < -0.3 is 10.1 Å². The second-order valence-corrected chi connectivity index (χ2v) is 3.92. The van der Waals surface area contributed by atoms with E-state index in [1.165, 1.54) is 12.1 Å². The minimum Gasteiger partial charge on any atom is -0.380 e. The monoisotopic (exact) mass is 238 g/mol. The molecule has 0 amide bonds. The third-order valence-corrected chi connectivity index (χ3v) is 2.75. The minimum absolute atomic E-state index is 0.0492. The molecule has 2 rings (SSSR count). The fourth-order valence-corrected chi connectivity index (χ4v) is 1.80. The first-order valence-corrected chi connectivity index (χ1v) is 5.46. The van der Waals surface area contributed by atoms with E-state index in [9.17, 15) is 8.78 Å². The zero-order valence-corrected chi connectivity index (χ0v) is 9.17. The largest absolute Gasteiger partial charge is 0.380 e. The van der Waals surface area contributed by atoms with Gasteiger partial charge in [0.1, 0.15) is 6.07 Å². The summed E-state index contributed by atoms with van der Waals surface area (Å²) in [5.74, 6) is -2.12. The van der Waals surface area contributed by atoms with Crippen LogP contribution in [0.3, 0.4) is 0 Å². The van der Waals surface area contributed by atoms with Crippen molar-refractivity contribution in [3.05, 3.63) is 29.3 Å². The zero-order valence-electron chi connectivity index (χ0n) is 9.17. The summed E-state index contributed by atoms with van der Waals surface area (Å²) in [6.45, 7) is 1.17. The van der Waals surface area contributed by atoms with E-state index in [2.05, 4.69) is 5.32 Å². The van der Waals surface area contributed by atoms with E-state index in [0.29, 0.717) is 6.54 Å². The maximum Gasteiger partial charge on any atom is 0.183 e. The highest BCUT2D eigenvalue weighted by molar-refractivity contribution is 5.49. The van der Waals surface area contributed by atoms with Crippen molar-refractivity contribution in [3.8, 4) is 6.07 Å². The summed E-state index contributed by atoms with van der Waals surface area (Å²) in [6.07, 6.45) is 1.97. The molecule has 0 bridgehead atoms. The summed E-state index contributed by atoms with van der Waals surface area (Å²) in [6, 6.07) is 4.22. The molecule has 1 unspecified atom stereocenters. The second kappa shape index (κ2) is 5.11. The van der Waals surface area contributed by atoms with Gasteiger partial charge in [-0.25, -0.2) is 8.78 Å². The molecule has 0 saturated carbocycles. The van der Waals surface area contributed by atoms with E-state index in [-0.39, 0.29) is 17.4 Å². The lowest BCUT2D eigenvalue weighted by Gasteiger charge is -2.12. The average Bonchev–Trinajstić information content (AvgIpc) is 2.84. The number of rotatable bonds is 3. The van der Waals surface area contributed by atoms with Crippen molar-refractivity contribution in [2.45, 2.75) is 18.9 Å². The molecule has 0 aliphatic carbocycles. The van der Waals surface area contributed by atoms with Gasteiger partial charge >= 0.3 is 0 Å². The van der Waals surface area contributed by atoms with Crippen LogP contribution in [0.2, 0.25) is 0 Å². The molecule has 1 heterocycles. The fraction of sp³-hybridized carbons (Fsp3) is 0.417. The lowest BCUT2D eigenvalue weighted by molar-refractivity contribution is 0.120. The molecule has 0 aromatic heterocycles. The Hall–Kier alpha value is -1.67. The predicted molar refractivity (Wildman–Crippen MR) is 58.5 cm³/mol. The van der Waals surface area contributed by atoms with Gasteiger partial charge in [-0.05, 0) is 25.0 Å². The Kier molecular flexibility index (Phi) is 3.55. The average molecular weight is 238 g/mol. The topological polar surface area (TPSA) is 45.0 Å². The summed E-state index contributed by atoms with van der Waals surface area (Å²) >= 11 is 0. The third-order valence-electron chi connectivity index (χ3n) is 2.75. The number of nitriles is 1. The van der Waals surface area contributed by atoms with E-state index < -0.39 is 11.6 Å². The van der Waals surface area contributed by atoms with E-state index in [0.717, 1.165) is 19.4 Å². The van der Waals surface area contributed by atoms with Gasteiger partial charge in [-0.1, -0.05) is 0 Å². The van der Waals surface area contributed by atoms with Gasteiger partial charge in [0.05, 0.1) is 17.4 Å². The van der Waals surface area contributed by atoms with Gasteiger partial charge in [0.2, 0.25) is 0 Å². The highest BCUT2D eigenvalue weighted by Crippen LogP contribution is 2.21. The number of benzene rings is 1. The number of anilines is 1. The maximum atomic E-state index is 13.5. The van der Waals surface area contributed by atoms with E-state index in [1.807, 2.05) is 0 Å². The van der Waals surface area contributed by atoms with Gasteiger partial charge in [-0.15, -0.1) is 0 Å². The van der Waals surface area contributed by atoms with Gasteiger partial charge in [-0.2, -0.15) is 5.26 Å². The fourth-order valence-electron chi connectivity index (χ4n) is 1.80. The van der Waals surface area contributed by atoms with Crippen LogP contribution in [-0.2, 0) is 4.74 Å². The van der Waals surface area contributed by atoms with Crippen LogP contribution in [0.5, 0.6) is 0 Å². The number of ether oxygens (including phenoxy) is 1. The molecule has 1 fully saturated rings. The van der Waals surface area contributed by atoms with Gasteiger partial charge in [0.15, 0.2) is 11.6 Å². The minimum atomic E-state index is -1.11. The Morgan fingerprint density at radius 3 is 2.88 bits per heavy atom. The van der Waals surface area contributed by atoms with Crippen LogP contribution in [0, 0.1) is 23.0 Å². The molecule has 0 radical (unpaired) electrons. The molecule has 1 atom stereocenters. The molecule has 1 saturated heterocycles. The molecule has 0 spiro atoms. The number of hydrogen-bond acceptors (Lipinski definition) is 3. The summed E-state index contributed by atoms with van der Waals surface area (Å²) in [7, 11) is 0. The lowest BCUT2D eigenvalue weighted by atomic mass is 10.2. The van der Waals surface area contributed by atoms with Gasteiger partial charge in [0.25, 0.3) is 0 Å². The summed E-state index contributed by atoms with van der Waals surface area (Å²) in [4.78, 5) is 0. The molecule has 5 heteroatoms. The summed E-state index contributed by atoms with van der Waals surface area (Å²) in [5, 5.41) is 11.3. The predicted octanol–water partition coefficient (Wildman–Crippen LogP) is 2.43.